The number of benzene rings is 2. The van der Waals surface area contributed by atoms with E-state index in [-0.39, 0.29) is 5.91 Å². The van der Waals surface area contributed by atoms with Crippen LogP contribution in [0.5, 0.6) is 0 Å². The first-order chi connectivity index (χ1) is 19.1. The Morgan fingerprint density at radius 3 is 2.64 bits per heavy atom. The number of halogens is 1. The zero-order valence-electron chi connectivity index (χ0n) is 22.3. The highest BCUT2D eigenvalue weighted by molar-refractivity contribution is 7.23. The minimum absolute atomic E-state index is 0.0367. The summed E-state index contributed by atoms with van der Waals surface area (Å²) in [5, 5.41) is 6.66. The normalized spacial score (nSPS) is 20.8. The summed E-state index contributed by atoms with van der Waals surface area (Å²) < 4.78 is 16.8. The Morgan fingerprint density at radius 2 is 1.90 bits per heavy atom. The number of likely N-dealkylation sites (tertiary alicyclic amines) is 1. The SMILES string of the molecule is O=C(NCCCN1CCC(F)CC1)c1ccc2c(c1)sc1nc(-c3ccc([C@H]4CCCN4)cc3)c(C3CC3)n12. The molecular weight excluding hydrogens is 509 g/mol. The first-order valence-corrected chi connectivity index (χ1v) is 15.4. The van der Waals surface area contributed by atoms with E-state index in [9.17, 15) is 9.18 Å². The molecule has 204 valence electrons. The van der Waals surface area contributed by atoms with Gasteiger partial charge in [0.15, 0.2) is 4.96 Å². The number of nitrogens with zero attached hydrogens (tertiary/aromatic N) is 3. The number of carbonyl (C=O) groups is 1. The maximum absolute atomic E-state index is 13.3. The number of carbonyl (C=O) groups excluding carboxylic acids is 1. The van der Waals surface area contributed by atoms with Gasteiger partial charge in [0.2, 0.25) is 0 Å². The number of nitrogens with one attached hydrogen (secondary N) is 2. The maximum atomic E-state index is 13.3. The first kappa shape index (κ1) is 25.2. The highest BCUT2D eigenvalue weighted by Crippen LogP contribution is 2.47. The molecule has 4 aromatic rings. The highest BCUT2D eigenvalue weighted by atomic mass is 32.1. The van der Waals surface area contributed by atoms with Crippen molar-refractivity contribution in [3.8, 4) is 11.3 Å². The second-order valence-corrected chi connectivity index (χ2v) is 12.4. The van der Waals surface area contributed by atoms with Gasteiger partial charge in [0, 0.05) is 42.7 Å². The van der Waals surface area contributed by atoms with Gasteiger partial charge < -0.3 is 15.5 Å². The summed E-state index contributed by atoms with van der Waals surface area (Å²) >= 11 is 1.66. The maximum Gasteiger partial charge on any atom is 0.251 e. The fourth-order valence-corrected chi connectivity index (χ4v) is 7.32. The summed E-state index contributed by atoms with van der Waals surface area (Å²) in [6.07, 6.45) is 6.35. The molecule has 0 unspecified atom stereocenters. The van der Waals surface area contributed by atoms with Crippen LogP contribution in [0.2, 0.25) is 0 Å². The van der Waals surface area contributed by atoms with E-state index in [0.717, 1.165) is 53.5 Å². The predicted molar refractivity (Wildman–Crippen MR) is 155 cm³/mol. The van der Waals surface area contributed by atoms with Crippen LogP contribution in [-0.2, 0) is 0 Å². The molecule has 3 aliphatic rings. The number of hydrogen-bond donors (Lipinski definition) is 2. The number of imidazole rings is 1. The largest absolute Gasteiger partial charge is 0.352 e. The van der Waals surface area contributed by atoms with Gasteiger partial charge in [-0.15, -0.1) is 0 Å². The van der Waals surface area contributed by atoms with Crippen molar-refractivity contribution in [2.75, 3.05) is 32.7 Å². The fraction of sp³-hybridized carbons (Fsp3) is 0.484. The summed E-state index contributed by atoms with van der Waals surface area (Å²) in [5.41, 5.74) is 6.80. The van der Waals surface area contributed by atoms with Gasteiger partial charge in [-0.25, -0.2) is 9.37 Å². The lowest BCUT2D eigenvalue weighted by molar-refractivity contribution is 0.0950. The number of alkyl halides is 1. The van der Waals surface area contributed by atoms with Crippen LogP contribution in [0, 0.1) is 0 Å². The van der Waals surface area contributed by atoms with E-state index in [1.807, 2.05) is 12.1 Å². The number of piperidine rings is 1. The van der Waals surface area contributed by atoms with E-state index in [1.165, 1.54) is 42.5 Å². The Morgan fingerprint density at radius 1 is 1.08 bits per heavy atom. The molecule has 1 amide bonds. The number of hydrogen-bond acceptors (Lipinski definition) is 5. The van der Waals surface area contributed by atoms with E-state index >= 15 is 0 Å². The zero-order chi connectivity index (χ0) is 26.3. The Labute approximate surface area is 232 Å². The third-order valence-corrected chi connectivity index (χ3v) is 9.61. The monoisotopic (exact) mass is 545 g/mol. The van der Waals surface area contributed by atoms with Crippen molar-refractivity contribution < 1.29 is 9.18 Å². The molecule has 2 aromatic carbocycles. The van der Waals surface area contributed by atoms with E-state index < -0.39 is 6.17 Å². The molecule has 7 rings (SSSR count). The highest BCUT2D eigenvalue weighted by Gasteiger charge is 2.32. The van der Waals surface area contributed by atoms with Gasteiger partial charge in [-0.1, -0.05) is 35.6 Å². The van der Waals surface area contributed by atoms with Crippen LogP contribution in [0.15, 0.2) is 42.5 Å². The predicted octanol–water partition coefficient (Wildman–Crippen LogP) is 6.07. The quantitative estimate of drug-likeness (QED) is 0.264. The van der Waals surface area contributed by atoms with E-state index in [1.54, 1.807) is 11.3 Å². The van der Waals surface area contributed by atoms with Crippen molar-refractivity contribution in [3.05, 3.63) is 59.3 Å². The lowest BCUT2D eigenvalue weighted by Crippen LogP contribution is -2.36. The summed E-state index contributed by atoms with van der Waals surface area (Å²) in [6, 6.07) is 15.5. The van der Waals surface area contributed by atoms with Gasteiger partial charge in [-0.05, 0) is 81.8 Å². The van der Waals surface area contributed by atoms with Crippen LogP contribution in [0.1, 0.15) is 78.5 Å². The number of aromatic nitrogens is 2. The van der Waals surface area contributed by atoms with Gasteiger partial charge in [0.05, 0.1) is 21.6 Å². The summed E-state index contributed by atoms with van der Waals surface area (Å²) in [5.74, 6) is 0.507. The molecule has 6 nitrogen and oxygen atoms in total. The van der Waals surface area contributed by atoms with Gasteiger partial charge in [-0.2, -0.15) is 0 Å². The molecule has 2 N–H and O–H groups in total. The second-order valence-electron chi connectivity index (χ2n) is 11.4. The third-order valence-electron chi connectivity index (χ3n) is 8.61. The molecule has 39 heavy (non-hydrogen) atoms. The van der Waals surface area contributed by atoms with Crippen molar-refractivity contribution in [3.63, 3.8) is 0 Å². The Kier molecular flexibility index (Phi) is 6.87. The topological polar surface area (TPSA) is 61.7 Å². The molecule has 0 bridgehead atoms. The van der Waals surface area contributed by atoms with Crippen molar-refractivity contribution in [2.24, 2.45) is 0 Å². The second kappa shape index (κ2) is 10.6. The summed E-state index contributed by atoms with van der Waals surface area (Å²) in [6.45, 7) is 4.28. The summed E-state index contributed by atoms with van der Waals surface area (Å²) in [7, 11) is 0. The molecule has 2 aromatic heterocycles. The summed E-state index contributed by atoms with van der Waals surface area (Å²) in [4.78, 5) is 21.3. The lowest BCUT2D eigenvalue weighted by atomic mass is 10.0. The molecule has 1 atom stereocenters. The molecule has 2 aliphatic heterocycles. The first-order valence-electron chi connectivity index (χ1n) is 14.6. The van der Waals surface area contributed by atoms with Crippen LogP contribution < -0.4 is 10.6 Å². The molecule has 0 radical (unpaired) electrons. The van der Waals surface area contributed by atoms with Crippen molar-refractivity contribution in [1.82, 2.24) is 24.9 Å². The number of rotatable bonds is 8. The Bertz CT molecular complexity index is 1480. The molecule has 2 saturated heterocycles. The molecule has 1 saturated carbocycles. The van der Waals surface area contributed by atoms with Gasteiger partial charge in [0.25, 0.3) is 5.91 Å². The van der Waals surface area contributed by atoms with E-state index in [4.69, 9.17) is 4.98 Å². The minimum Gasteiger partial charge on any atom is -0.352 e. The lowest BCUT2D eigenvalue weighted by Gasteiger charge is -2.28. The Hall–Kier alpha value is -2.81. The molecule has 1 aliphatic carbocycles. The standard InChI is InChI=1S/C31H36FN5OS/c32-24-12-17-36(18-13-24)16-2-15-34-30(38)23-10-11-26-27(19-23)39-31-35-28(29(37(26)31)22-8-9-22)21-6-4-20(5-7-21)25-3-1-14-33-25/h4-7,10-11,19,22,24-25,33H,1-3,8-9,12-18H2,(H,34,38)/t25-/m1/s1. The average molecular weight is 546 g/mol. The van der Waals surface area contributed by atoms with Gasteiger partial charge in [-0.3, -0.25) is 9.20 Å². The van der Waals surface area contributed by atoms with E-state index in [0.29, 0.717) is 36.9 Å². The van der Waals surface area contributed by atoms with Crippen LogP contribution in [0.4, 0.5) is 4.39 Å². The van der Waals surface area contributed by atoms with Crippen LogP contribution in [0.3, 0.4) is 0 Å². The van der Waals surface area contributed by atoms with Crippen LogP contribution in [0.25, 0.3) is 26.4 Å². The minimum atomic E-state index is -0.645. The molecule has 0 spiro atoms. The van der Waals surface area contributed by atoms with Gasteiger partial charge in [0.1, 0.15) is 6.17 Å². The van der Waals surface area contributed by atoms with E-state index in [2.05, 4.69) is 50.3 Å². The third kappa shape index (κ3) is 5.10. The number of thiazole rings is 1. The zero-order valence-corrected chi connectivity index (χ0v) is 23.1. The fourth-order valence-electron chi connectivity index (χ4n) is 6.25. The number of fused-ring (bicyclic) bond motifs is 3. The van der Waals surface area contributed by atoms with Crippen molar-refractivity contribution in [1.29, 1.82) is 0 Å². The van der Waals surface area contributed by atoms with Crippen molar-refractivity contribution in [2.45, 2.75) is 63.1 Å². The molecule has 4 heterocycles. The molecule has 8 heteroatoms. The van der Waals surface area contributed by atoms with Crippen LogP contribution in [-0.4, -0.2) is 59.1 Å². The smallest absolute Gasteiger partial charge is 0.251 e. The van der Waals surface area contributed by atoms with Crippen molar-refractivity contribution >= 4 is 32.4 Å². The average Bonchev–Trinajstić information content (AvgIpc) is 3.35. The Balaban J connectivity index is 1.08. The number of amides is 1. The molecular formula is C31H36FN5OS. The van der Waals surface area contributed by atoms with Crippen LogP contribution >= 0.6 is 11.3 Å². The van der Waals surface area contributed by atoms with Gasteiger partial charge >= 0.3 is 0 Å². The molecule has 3 fully saturated rings.